The van der Waals surface area contributed by atoms with Gasteiger partial charge in [0.1, 0.15) is 6.26 Å². The van der Waals surface area contributed by atoms with Gasteiger partial charge >= 0.3 is 0 Å². The highest BCUT2D eigenvalue weighted by molar-refractivity contribution is 5.92. The minimum Gasteiger partial charge on any atom is -0.447 e. The van der Waals surface area contributed by atoms with Gasteiger partial charge < -0.3 is 9.73 Å². The number of nitrogens with zero attached hydrogens (tertiary/aromatic N) is 2. The average molecular weight is 389 g/mol. The van der Waals surface area contributed by atoms with Gasteiger partial charge in [0.05, 0.1) is 12.6 Å². The fourth-order valence-corrected chi connectivity index (χ4v) is 3.56. The first-order chi connectivity index (χ1) is 14.1. The van der Waals surface area contributed by atoms with Crippen LogP contribution in [0.25, 0.3) is 0 Å². The molecule has 1 atom stereocenters. The Labute approximate surface area is 171 Å². The number of aromatic nitrogens is 1. The smallest absolute Gasteiger partial charge is 0.273 e. The molecule has 3 aromatic rings. The number of aryl methyl sites for hydroxylation is 1. The highest BCUT2D eigenvalue weighted by atomic mass is 16.3. The molecule has 1 heterocycles. The lowest BCUT2D eigenvalue weighted by molar-refractivity contribution is 0.0934. The van der Waals surface area contributed by atoms with Crippen LogP contribution in [0.2, 0.25) is 0 Å². The lowest BCUT2D eigenvalue weighted by atomic mass is 10.1. The number of carbonyl (C=O) groups excluding carboxylic acids is 1. The van der Waals surface area contributed by atoms with Crippen LogP contribution >= 0.6 is 0 Å². The zero-order valence-electron chi connectivity index (χ0n) is 17.0. The maximum Gasteiger partial charge on any atom is 0.273 e. The standard InChI is InChI=1S/C24H27N3O2/c1-17-7-6-8-19(13-17)14-27(21-11-12-21)15-23-26-22(16-29-23)24(28)25-18(2)20-9-4-3-5-10-20/h3-10,13,16,18,21H,11-12,14-15H2,1-2H3,(H,25,28). The van der Waals surface area contributed by atoms with Crippen LogP contribution in [-0.2, 0) is 13.1 Å². The van der Waals surface area contributed by atoms with Crippen LogP contribution in [0.15, 0.2) is 65.3 Å². The van der Waals surface area contributed by atoms with Gasteiger partial charge in [-0.1, -0.05) is 60.2 Å². The first-order valence-electron chi connectivity index (χ1n) is 10.2. The lowest BCUT2D eigenvalue weighted by Crippen LogP contribution is -2.27. The molecule has 1 amide bonds. The molecule has 1 aliphatic rings. The van der Waals surface area contributed by atoms with Crippen molar-refractivity contribution >= 4 is 5.91 Å². The zero-order valence-corrected chi connectivity index (χ0v) is 17.0. The Balaban J connectivity index is 1.39. The predicted octanol–water partition coefficient (Wildman–Crippen LogP) is 4.64. The van der Waals surface area contributed by atoms with Gasteiger partial charge in [-0.25, -0.2) is 4.98 Å². The number of nitrogens with one attached hydrogen (secondary N) is 1. The summed E-state index contributed by atoms with van der Waals surface area (Å²) in [6.07, 6.45) is 3.86. The third kappa shape index (κ3) is 5.12. The number of rotatable bonds is 8. The minimum absolute atomic E-state index is 0.0897. The fourth-order valence-electron chi connectivity index (χ4n) is 3.56. The largest absolute Gasteiger partial charge is 0.447 e. The molecular formula is C24H27N3O2. The second kappa shape index (κ2) is 8.62. The summed E-state index contributed by atoms with van der Waals surface area (Å²) in [6.45, 7) is 5.55. The topological polar surface area (TPSA) is 58.4 Å². The molecule has 1 fully saturated rings. The summed E-state index contributed by atoms with van der Waals surface area (Å²) in [5, 5.41) is 2.99. The summed E-state index contributed by atoms with van der Waals surface area (Å²) in [7, 11) is 0. The molecule has 0 saturated heterocycles. The summed E-state index contributed by atoms with van der Waals surface area (Å²) < 4.78 is 5.63. The summed E-state index contributed by atoms with van der Waals surface area (Å²) >= 11 is 0. The first kappa shape index (κ1) is 19.4. The third-order valence-electron chi connectivity index (χ3n) is 5.30. The third-order valence-corrected chi connectivity index (χ3v) is 5.30. The van der Waals surface area contributed by atoms with Gasteiger partial charge in [-0.15, -0.1) is 0 Å². The molecule has 4 rings (SSSR count). The SMILES string of the molecule is Cc1cccc(CN(Cc2nc(C(=O)NC(C)c3ccccc3)co2)C2CC2)c1. The van der Waals surface area contributed by atoms with E-state index in [-0.39, 0.29) is 11.9 Å². The molecule has 0 radical (unpaired) electrons. The van der Waals surface area contributed by atoms with Crippen molar-refractivity contribution in [3.05, 3.63) is 89.1 Å². The molecule has 1 saturated carbocycles. The van der Waals surface area contributed by atoms with Gasteiger partial charge in [0.2, 0.25) is 5.89 Å². The first-order valence-corrected chi connectivity index (χ1v) is 10.2. The van der Waals surface area contributed by atoms with E-state index in [4.69, 9.17) is 4.42 Å². The van der Waals surface area contributed by atoms with E-state index >= 15 is 0 Å². The van der Waals surface area contributed by atoms with Crippen molar-refractivity contribution in [1.29, 1.82) is 0 Å². The average Bonchev–Trinajstić information content (AvgIpc) is 3.47. The number of hydrogen-bond acceptors (Lipinski definition) is 4. The summed E-state index contributed by atoms with van der Waals surface area (Å²) in [4.78, 5) is 19.4. The monoisotopic (exact) mass is 389 g/mol. The van der Waals surface area contributed by atoms with Crippen molar-refractivity contribution in [1.82, 2.24) is 15.2 Å². The number of oxazole rings is 1. The second-order valence-corrected chi connectivity index (χ2v) is 7.86. The lowest BCUT2D eigenvalue weighted by Gasteiger charge is -2.20. The summed E-state index contributed by atoms with van der Waals surface area (Å²) in [5.74, 6) is 0.370. The molecule has 0 spiro atoms. The molecule has 0 bridgehead atoms. The van der Waals surface area contributed by atoms with Crippen molar-refractivity contribution in [3.8, 4) is 0 Å². The fraction of sp³-hybridized carbons (Fsp3) is 0.333. The maximum atomic E-state index is 12.6. The summed E-state index contributed by atoms with van der Waals surface area (Å²) in [5.41, 5.74) is 3.94. The molecule has 150 valence electrons. The van der Waals surface area contributed by atoms with Gasteiger partial charge in [0, 0.05) is 12.6 Å². The van der Waals surface area contributed by atoms with Crippen molar-refractivity contribution < 1.29 is 9.21 Å². The number of benzene rings is 2. The molecule has 29 heavy (non-hydrogen) atoms. The Morgan fingerprint density at radius 1 is 1.17 bits per heavy atom. The second-order valence-electron chi connectivity index (χ2n) is 7.86. The van der Waals surface area contributed by atoms with Gasteiger partial charge in [-0.3, -0.25) is 9.69 Å². The van der Waals surface area contributed by atoms with Gasteiger partial charge in [0.25, 0.3) is 5.91 Å². The van der Waals surface area contributed by atoms with E-state index in [2.05, 4.69) is 46.4 Å². The van der Waals surface area contributed by atoms with E-state index in [1.807, 2.05) is 37.3 Å². The highest BCUT2D eigenvalue weighted by Gasteiger charge is 2.30. The Morgan fingerprint density at radius 3 is 2.69 bits per heavy atom. The Bertz CT molecular complexity index is 963. The van der Waals surface area contributed by atoms with Crippen LogP contribution in [0.3, 0.4) is 0 Å². The van der Waals surface area contributed by atoms with Gasteiger partial charge in [-0.2, -0.15) is 0 Å². The van der Waals surface area contributed by atoms with Crippen molar-refractivity contribution in [2.75, 3.05) is 0 Å². The minimum atomic E-state index is -0.215. The molecule has 0 aliphatic heterocycles. The van der Waals surface area contributed by atoms with Crippen molar-refractivity contribution in [3.63, 3.8) is 0 Å². The van der Waals surface area contributed by atoms with Gasteiger partial charge in [-0.05, 0) is 37.8 Å². The quantitative estimate of drug-likeness (QED) is 0.610. The van der Waals surface area contributed by atoms with Crippen LogP contribution in [-0.4, -0.2) is 21.8 Å². The summed E-state index contributed by atoms with van der Waals surface area (Å²) in [6, 6.07) is 18.9. The van der Waals surface area contributed by atoms with Crippen LogP contribution in [0.5, 0.6) is 0 Å². The van der Waals surface area contributed by atoms with Gasteiger partial charge in [0.15, 0.2) is 5.69 Å². The van der Waals surface area contributed by atoms with Crippen LogP contribution < -0.4 is 5.32 Å². The highest BCUT2D eigenvalue weighted by Crippen LogP contribution is 2.30. The zero-order chi connectivity index (χ0) is 20.2. The van der Waals surface area contributed by atoms with E-state index in [0.717, 1.165) is 12.1 Å². The predicted molar refractivity (Wildman–Crippen MR) is 112 cm³/mol. The van der Waals surface area contributed by atoms with Crippen LogP contribution in [0.4, 0.5) is 0 Å². The van der Waals surface area contributed by atoms with E-state index in [1.165, 1.54) is 30.2 Å². The van der Waals surface area contributed by atoms with Crippen LogP contribution in [0.1, 0.15) is 58.9 Å². The van der Waals surface area contributed by atoms with Crippen LogP contribution in [0, 0.1) is 6.92 Å². The molecule has 1 N–H and O–H groups in total. The Kier molecular flexibility index (Phi) is 5.76. The Morgan fingerprint density at radius 2 is 1.97 bits per heavy atom. The molecule has 1 aromatic heterocycles. The van der Waals surface area contributed by atoms with E-state index in [1.54, 1.807) is 0 Å². The number of hydrogen-bond donors (Lipinski definition) is 1. The molecule has 1 unspecified atom stereocenters. The molecule has 1 aliphatic carbocycles. The number of carbonyl (C=O) groups is 1. The number of amides is 1. The van der Waals surface area contributed by atoms with E-state index in [9.17, 15) is 4.79 Å². The van der Waals surface area contributed by atoms with Crippen molar-refractivity contribution in [2.45, 2.75) is 51.9 Å². The van der Waals surface area contributed by atoms with Crippen molar-refractivity contribution in [2.24, 2.45) is 0 Å². The van der Waals surface area contributed by atoms with E-state index in [0.29, 0.717) is 24.2 Å². The maximum absolute atomic E-state index is 12.6. The van der Waals surface area contributed by atoms with E-state index < -0.39 is 0 Å². The Hall–Kier alpha value is -2.92. The molecular weight excluding hydrogens is 362 g/mol. The molecule has 2 aromatic carbocycles. The molecule has 5 nitrogen and oxygen atoms in total. The molecule has 5 heteroatoms. The normalized spacial score (nSPS) is 14.7.